The quantitative estimate of drug-likeness (QED) is 0.574. The summed E-state index contributed by atoms with van der Waals surface area (Å²) in [5, 5.41) is 0. The van der Waals surface area contributed by atoms with E-state index in [0.29, 0.717) is 29.2 Å². The Hall–Kier alpha value is -0.570. The standard InChI is InChI=1S/C11H15NO2/c1-10(2)12-6(5-14-10)7-8(9(12)13)11(7)3-4-11/h6-8H,3-5H2,1-2H3/t6-,7-,8?/m1/s1. The molecule has 1 amide bonds. The third-order valence-electron chi connectivity index (χ3n) is 4.80. The average Bonchev–Trinajstić information content (AvgIpc) is 2.95. The summed E-state index contributed by atoms with van der Waals surface area (Å²) < 4.78 is 5.70. The van der Waals surface area contributed by atoms with Crippen LogP contribution in [0.1, 0.15) is 26.7 Å². The summed E-state index contributed by atoms with van der Waals surface area (Å²) >= 11 is 0. The van der Waals surface area contributed by atoms with Gasteiger partial charge in [-0.1, -0.05) is 0 Å². The van der Waals surface area contributed by atoms with Gasteiger partial charge in [0.05, 0.1) is 12.6 Å². The summed E-state index contributed by atoms with van der Waals surface area (Å²) in [6.07, 6.45) is 2.58. The van der Waals surface area contributed by atoms with Crippen LogP contribution in [0.3, 0.4) is 0 Å². The molecule has 0 aromatic heterocycles. The zero-order chi connectivity index (χ0) is 9.72. The largest absolute Gasteiger partial charge is 0.354 e. The SMILES string of the molecule is CC1(C)OC[C@@H]2[C@@H]3C(C(=O)N21)C31CC1. The van der Waals surface area contributed by atoms with Crippen molar-refractivity contribution in [1.29, 1.82) is 0 Å². The molecule has 1 spiro atoms. The van der Waals surface area contributed by atoms with Gasteiger partial charge in [-0.15, -0.1) is 0 Å². The number of piperidine rings is 1. The number of rotatable bonds is 0. The normalized spacial score (nSPS) is 49.4. The Morgan fingerprint density at radius 1 is 1.43 bits per heavy atom. The van der Waals surface area contributed by atoms with Gasteiger partial charge >= 0.3 is 0 Å². The lowest BCUT2D eigenvalue weighted by Crippen LogP contribution is -2.46. The van der Waals surface area contributed by atoms with Crippen LogP contribution in [0.15, 0.2) is 0 Å². The number of fused-ring (bicyclic) bond motifs is 5. The first-order valence-corrected chi connectivity index (χ1v) is 5.55. The molecule has 4 aliphatic rings. The molecule has 2 saturated carbocycles. The predicted octanol–water partition coefficient (Wildman–Crippen LogP) is 0.990. The van der Waals surface area contributed by atoms with Gasteiger partial charge in [-0.3, -0.25) is 4.79 Å². The van der Waals surface area contributed by atoms with Gasteiger partial charge in [0.2, 0.25) is 5.91 Å². The van der Waals surface area contributed by atoms with Crippen molar-refractivity contribution < 1.29 is 9.53 Å². The highest BCUT2D eigenvalue weighted by Crippen LogP contribution is 2.80. The molecule has 1 unspecified atom stereocenters. The van der Waals surface area contributed by atoms with Crippen molar-refractivity contribution in [2.24, 2.45) is 17.3 Å². The third kappa shape index (κ3) is 0.577. The molecule has 3 atom stereocenters. The van der Waals surface area contributed by atoms with Gasteiger partial charge in [0.25, 0.3) is 0 Å². The lowest BCUT2D eigenvalue weighted by Gasteiger charge is -2.31. The molecule has 0 aromatic rings. The summed E-state index contributed by atoms with van der Waals surface area (Å²) in [6.45, 7) is 4.78. The Labute approximate surface area is 83.4 Å². The molecule has 76 valence electrons. The topological polar surface area (TPSA) is 29.5 Å². The Morgan fingerprint density at radius 2 is 2.14 bits per heavy atom. The summed E-state index contributed by atoms with van der Waals surface area (Å²) in [4.78, 5) is 14.2. The summed E-state index contributed by atoms with van der Waals surface area (Å²) in [5.74, 6) is 1.41. The van der Waals surface area contributed by atoms with Crippen LogP contribution in [0.4, 0.5) is 0 Å². The van der Waals surface area contributed by atoms with Crippen LogP contribution >= 0.6 is 0 Å². The first-order valence-electron chi connectivity index (χ1n) is 5.55. The number of hydrogen-bond acceptors (Lipinski definition) is 2. The maximum absolute atomic E-state index is 12.1. The van der Waals surface area contributed by atoms with E-state index >= 15 is 0 Å². The molecular weight excluding hydrogens is 178 g/mol. The van der Waals surface area contributed by atoms with Crippen LogP contribution in [0, 0.1) is 17.3 Å². The highest BCUT2D eigenvalue weighted by atomic mass is 16.5. The van der Waals surface area contributed by atoms with Crippen molar-refractivity contribution in [3.63, 3.8) is 0 Å². The van der Waals surface area contributed by atoms with Gasteiger partial charge in [-0.05, 0) is 32.1 Å². The molecule has 0 aromatic carbocycles. The number of hydrogen-bond donors (Lipinski definition) is 0. The van der Waals surface area contributed by atoms with E-state index < -0.39 is 0 Å². The van der Waals surface area contributed by atoms with E-state index in [4.69, 9.17) is 4.74 Å². The van der Waals surface area contributed by atoms with Gasteiger partial charge < -0.3 is 9.64 Å². The highest BCUT2D eigenvalue weighted by Gasteiger charge is 2.83. The van der Waals surface area contributed by atoms with E-state index in [-0.39, 0.29) is 5.72 Å². The van der Waals surface area contributed by atoms with Crippen LogP contribution < -0.4 is 0 Å². The monoisotopic (exact) mass is 193 g/mol. The minimum Gasteiger partial charge on any atom is -0.354 e. The lowest BCUT2D eigenvalue weighted by atomic mass is 10.1. The van der Waals surface area contributed by atoms with Gasteiger partial charge in [0, 0.05) is 11.8 Å². The Morgan fingerprint density at radius 3 is 2.79 bits per heavy atom. The van der Waals surface area contributed by atoms with E-state index in [1.807, 2.05) is 18.7 Å². The van der Waals surface area contributed by atoms with E-state index in [1.165, 1.54) is 12.8 Å². The van der Waals surface area contributed by atoms with E-state index in [0.717, 1.165) is 6.61 Å². The van der Waals surface area contributed by atoms with Crippen molar-refractivity contribution in [3.8, 4) is 0 Å². The van der Waals surface area contributed by atoms with Crippen LogP contribution in [-0.2, 0) is 9.53 Å². The molecule has 3 heteroatoms. The highest BCUT2D eigenvalue weighted by molar-refractivity contribution is 5.89. The second kappa shape index (κ2) is 1.75. The first-order chi connectivity index (χ1) is 6.58. The van der Waals surface area contributed by atoms with Crippen molar-refractivity contribution >= 4 is 5.91 Å². The summed E-state index contributed by atoms with van der Waals surface area (Å²) in [5.41, 5.74) is 0.132. The van der Waals surface area contributed by atoms with Crippen molar-refractivity contribution in [2.75, 3.05) is 6.61 Å². The lowest BCUT2D eigenvalue weighted by molar-refractivity contribution is -0.145. The smallest absolute Gasteiger partial charge is 0.229 e. The van der Waals surface area contributed by atoms with Crippen molar-refractivity contribution in [1.82, 2.24) is 4.90 Å². The first kappa shape index (κ1) is 7.69. The van der Waals surface area contributed by atoms with Gasteiger partial charge in [-0.2, -0.15) is 0 Å². The van der Waals surface area contributed by atoms with E-state index in [9.17, 15) is 4.79 Å². The molecule has 3 nitrogen and oxygen atoms in total. The van der Waals surface area contributed by atoms with Gasteiger partial charge in [0.1, 0.15) is 5.72 Å². The summed E-state index contributed by atoms with van der Waals surface area (Å²) in [6, 6.07) is 0.407. The van der Waals surface area contributed by atoms with Gasteiger partial charge in [-0.25, -0.2) is 0 Å². The molecule has 4 rings (SSSR count). The molecule has 2 heterocycles. The van der Waals surface area contributed by atoms with Crippen molar-refractivity contribution in [2.45, 2.75) is 38.5 Å². The molecule has 0 radical (unpaired) electrons. The minimum absolute atomic E-state index is 0.342. The predicted molar refractivity (Wildman–Crippen MR) is 49.3 cm³/mol. The second-order valence-electron chi connectivity index (χ2n) is 5.77. The fourth-order valence-corrected chi connectivity index (χ4v) is 3.99. The Balaban J connectivity index is 1.75. The van der Waals surface area contributed by atoms with E-state index in [2.05, 4.69) is 0 Å². The number of ether oxygens (including phenoxy) is 1. The van der Waals surface area contributed by atoms with Crippen LogP contribution in [-0.4, -0.2) is 29.2 Å². The number of carbonyl (C=O) groups is 1. The molecule has 14 heavy (non-hydrogen) atoms. The minimum atomic E-state index is -0.342. The Bertz CT molecular complexity index is 345. The fraction of sp³-hybridized carbons (Fsp3) is 0.909. The number of nitrogens with zero attached hydrogens (tertiary/aromatic N) is 1. The van der Waals surface area contributed by atoms with Crippen molar-refractivity contribution in [3.05, 3.63) is 0 Å². The average molecular weight is 193 g/mol. The molecular formula is C11H15NO2. The second-order valence-corrected chi connectivity index (χ2v) is 5.77. The summed E-state index contributed by atoms with van der Waals surface area (Å²) in [7, 11) is 0. The van der Waals surface area contributed by atoms with Gasteiger partial charge in [0.15, 0.2) is 0 Å². The zero-order valence-corrected chi connectivity index (χ0v) is 8.62. The maximum Gasteiger partial charge on any atom is 0.229 e. The van der Waals surface area contributed by atoms with Crippen LogP contribution in [0.25, 0.3) is 0 Å². The molecule has 0 N–H and O–H groups in total. The number of amides is 1. The maximum atomic E-state index is 12.1. The zero-order valence-electron chi connectivity index (χ0n) is 8.62. The molecule has 2 aliphatic carbocycles. The van der Waals surface area contributed by atoms with Crippen LogP contribution in [0.2, 0.25) is 0 Å². The number of carbonyl (C=O) groups excluding carboxylic acids is 1. The molecule has 2 saturated heterocycles. The Kier molecular flexibility index (Phi) is 0.963. The third-order valence-corrected chi connectivity index (χ3v) is 4.80. The fourth-order valence-electron chi connectivity index (χ4n) is 3.99. The molecule has 0 bridgehead atoms. The molecule has 2 aliphatic heterocycles. The van der Waals surface area contributed by atoms with Crippen LogP contribution in [0.5, 0.6) is 0 Å². The molecule has 4 fully saturated rings. The van der Waals surface area contributed by atoms with E-state index in [1.54, 1.807) is 0 Å².